The van der Waals surface area contributed by atoms with Crippen molar-refractivity contribution in [2.45, 2.75) is 19.6 Å². The van der Waals surface area contributed by atoms with E-state index in [0.717, 1.165) is 47.2 Å². The van der Waals surface area contributed by atoms with Crippen LogP contribution in [0.1, 0.15) is 23.1 Å². The topological polar surface area (TPSA) is 77.3 Å². The number of methoxy groups -OCH3 is 1. The molecule has 8 heteroatoms. The molecule has 0 fully saturated rings. The summed E-state index contributed by atoms with van der Waals surface area (Å²) in [5.74, 6) is 2.06. The third-order valence-corrected chi connectivity index (χ3v) is 5.57. The van der Waals surface area contributed by atoms with Crippen LogP contribution in [0.3, 0.4) is 0 Å². The Morgan fingerprint density at radius 2 is 2.03 bits per heavy atom. The van der Waals surface area contributed by atoms with Crippen LogP contribution >= 0.6 is 0 Å². The van der Waals surface area contributed by atoms with Gasteiger partial charge in [0.05, 0.1) is 30.5 Å². The molecule has 1 unspecified atom stereocenters. The molecule has 0 saturated carbocycles. The number of nitrogens with zero attached hydrogens (tertiary/aromatic N) is 5. The van der Waals surface area contributed by atoms with Crippen LogP contribution in [0.4, 0.5) is 11.5 Å². The highest BCUT2D eigenvalue weighted by Gasteiger charge is 2.24. The number of anilines is 2. The van der Waals surface area contributed by atoms with Gasteiger partial charge in [0.15, 0.2) is 6.10 Å². The smallest absolute Gasteiger partial charge is 0.220 e. The number of imidazole rings is 1. The molecule has 3 aromatic heterocycles. The maximum absolute atomic E-state index is 6.33. The van der Waals surface area contributed by atoms with E-state index < -0.39 is 0 Å². The van der Waals surface area contributed by atoms with E-state index in [4.69, 9.17) is 14.5 Å². The fourth-order valence-electron chi connectivity index (χ4n) is 3.96. The number of aromatic nitrogens is 4. The molecule has 33 heavy (non-hydrogen) atoms. The molecule has 1 aliphatic rings. The van der Waals surface area contributed by atoms with Crippen LogP contribution in [0.15, 0.2) is 67.3 Å². The first kappa shape index (κ1) is 21.0. The fraction of sp³-hybridized carbons (Fsp3) is 0.240. The summed E-state index contributed by atoms with van der Waals surface area (Å²) < 4.78 is 13.9. The molecule has 1 aliphatic heterocycles. The highest BCUT2D eigenvalue weighted by Crippen LogP contribution is 2.32. The molecule has 168 valence electrons. The van der Waals surface area contributed by atoms with E-state index in [1.165, 1.54) is 0 Å². The van der Waals surface area contributed by atoms with Gasteiger partial charge in [-0.2, -0.15) is 4.98 Å². The standard InChI is InChI=1S/C25H26N6O2/c1-17-13-31(16-27-17)21-9-8-19(12-22(21)32-3)28-24-10-7-18-14-30(2)15-23(33-25(18)29-24)20-6-4-5-11-26-20/h4-13,16,23H,14-15H2,1-3H3,(H,28,29). The Bertz CT molecular complexity index is 1260. The Hall–Kier alpha value is -3.91. The zero-order valence-electron chi connectivity index (χ0n) is 18.9. The number of fused-ring (bicyclic) bond motifs is 1. The van der Waals surface area contributed by atoms with Crippen molar-refractivity contribution in [3.63, 3.8) is 0 Å². The molecule has 8 nitrogen and oxygen atoms in total. The van der Waals surface area contributed by atoms with Crippen LogP contribution < -0.4 is 14.8 Å². The van der Waals surface area contributed by atoms with E-state index in [2.05, 4.69) is 33.3 Å². The highest BCUT2D eigenvalue weighted by molar-refractivity contribution is 5.63. The lowest BCUT2D eigenvalue weighted by molar-refractivity contribution is 0.156. The average Bonchev–Trinajstić information content (AvgIpc) is 3.18. The monoisotopic (exact) mass is 442 g/mol. The van der Waals surface area contributed by atoms with E-state index in [0.29, 0.717) is 11.7 Å². The fourth-order valence-corrected chi connectivity index (χ4v) is 3.96. The lowest BCUT2D eigenvalue weighted by Crippen LogP contribution is -2.24. The molecular weight excluding hydrogens is 416 g/mol. The van der Waals surface area contributed by atoms with Gasteiger partial charge < -0.3 is 19.4 Å². The van der Waals surface area contributed by atoms with Gasteiger partial charge in [-0.1, -0.05) is 6.07 Å². The van der Waals surface area contributed by atoms with Crippen LogP contribution in [0, 0.1) is 6.92 Å². The van der Waals surface area contributed by atoms with Crippen molar-refractivity contribution in [3.05, 3.63) is 84.2 Å². The number of hydrogen-bond acceptors (Lipinski definition) is 7. The number of ether oxygens (including phenoxy) is 2. The molecule has 5 rings (SSSR count). The van der Waals surface area contributed by atoms with Gasteiger partial charge in [0, 0.05) is 42.8 Å². The van der Waals surface area contributed by atoms with Crippen molar-refractivity contribution in [3.8, 4) is 17.3 Å². The molecule has 1 N–H and O–H groups in total. The summed E-state index contributed by atoms with van der Waals surface area (Å²) >= 11 is 0. The maximum Gasteiger partial charge on any atom is 0.220 e. The Morgan fingerprint density at radius 1 is 1.12 bits per heavy atom. The van der Waals surface area contributed by atoms with Gasteiger partial charge in [-0.3, -0.25) is 9.88 Å². The lowest BCUT2D eigenvalue weighted by atomic mass is 10.2. The molecule has 0 saturated heterocycles. The quantitative estimate of drug-likeness (QED) is 0.494. The average molecular weight is 443 g/mol. The lowest BCUT2D eigenvalue weighted by Gasteiger charge is -2.19. The van der Waals surface area contributed by atoms with E-state index >= 15 is 0 Å². The first-order valence-electron chi connectivity index (χ1n) is 10.8. The van der Waals surface area contributed by atoms with Gasteiger partial charge in [0.1, 0.15) is 11.6 Å². The molecule has 0 amide bonds. The number of pyridine rings is 2. The number of likely N-dealkylation sites (N-methyl/N-ethyl adjacent to an activating group) is 1. The molecule has 1 atom stereocenters. The first-order chi connectivity index (χ1) is 16.1. The summed E-state index contributed by atoms with van der Waals surface area (Å²) in [5.41, 5.74) is 4.68. The zero-order chi connectivity index (χ0) is 22.8. The van der Waals surface area contributed by atoms with Crippen molar-refractivity contribution in [2.24, 2.45) is 0 Å². The van der Waals surface area contributed by atoms with Crippen molar-refractivity contribution in [1.82, 2.24) is 24.4 Å². The van der Waals surface area contributed by atoms with Gasteiger partial charge >= 0.3 is 0 Å². The summed E-state index contributed by atoms with van der Waals surface area (Å²) in [5, 5.41) is 3.37. The van der Waals surface area contributed by atoms with Crippen LogP contribution in [-0.4, -0.2) is 45.1 Å². The normalized spacial score (nSPS) is 15.9. The molecule has 0 radical (unpaired) electrons. The molecule has 1 aromatic carbocycles. The molecule has 0 aliphatic carbocycles. The van der Waals surface area contributed by atoms with Crippen molar-refractivity contribution in [2.75, 3.05) is 26.0 Å². The van der Waals surface area contributed by atoms with Gasteiger partial charge in [-0.15, -0.1) is 0 Å². The number of benzene rings is 1. The predicted octanol–water partition coefficient (Wildman–Crippen LogP) is 4.29. The largest absolute Gasteiger partial charge is 0.494 e. The minimum Gasteiger partial charge on any atom is -0.494 e. The second-order valence-corrected chi connectivity index (χ2v) is 8.15. The predicted molar refractivity (Wildman–Crippen MR) is 126 cm³/mol. The van der Waals surface area contributed by atoms with Crippen molar-refractivity contribution >= 4 is 11.5 Å². The second kappa shape index (κ2) is 8.91. The summed E-state index contributed by atoms with van der Waals surface area (Å²) in [6, 6.07) is 15.8. The van der Waals surface area contributed by atoms with Gasteiger partial charge in [0.25, 0.3) is 0 Å². The number of hydrogen-bond donors (Lipinski definition) is 1. The van der Waals surface area contributed by atoms with Gasteiger partial charge in [-0.25, -0.2) is 4.98 Å². The third kappa shape index (κ3) is 4.51. The zero-order valence-corrected chi connectivity index (χ0v) is 18.9. The Balaban J connectivity index is 1.41. The Morgan fingerprint density at radius 3 is 2.79 bits per heavy atom. The summed E-state index contributed by atoms with van der Waals surface area (Å²) in [7, 11) is 3.74. The van der Waals surface area contributed by atoms with E-state index in [1.807, 2.05) is 60.2 Å². The number of aryl methyl sites for hydroxylation is 1. The molecule has 0 bridgehead atoms. The van der Waals surface area contributed by atoms with Crippen molar-refractivity contribution < 1.29 is 9.47 Å². The summed E-state index contributed by atoms with van der Waals surface area (Å²) in [4.78, 5) is 15.8. The van der Waals surface area contributed by atoms with Gasteiger partial charge in [-0.05, 0) is 50.4 Å². The van der Waals surface area contributed by atoms with E-state index in [1.54, 1.807) is 19.6 Å². The first-order valence-corrected chi connectivity index (χ1v) is 10.8. The minimum absolute atomic E-state index is 0.182. The molecule has 4 aromatic rings. The van der Waals surface area contributed by atoms with E-state index in [9.17, 15) is 0 Å². The Labute approximate surface area is 192 Å². The Kier molecular flexibility index (Phi) is 5.66. The van der Waals surface area contributed by atoms with Gasteiger partial charge in [0.2, 0.25) is 5.88 Å². The highest BCUT2D eigenvalue weighted by atomic mass is 16.5. The van der Waals surface area contributed by atoms with Crippen LogP contribution in [0.25, 0.3) is 5.69 Å². The number of rotatable bonds is 5. The number of nitrogens with one attached hydrogen (secondary N) is 1. The van der Waals surface area contributed by atoms with Crippen LogP contribution in [0.5, 0.6) is 11.6 Å². The second-order valence-electron chi connectivity index (χ2n) is 8.15. The summed E-state index contributed by atoms with van der Waals surface area (Å²) in [6.07, 6.45) is 5.35. The van der Waals surface area contributed by atoms with Crippen molar-refractivity contribution in [1.29, 1.82) is 0 Å². The third-order valence-electron chi connectivity index (χ3n) is 5.57. The van der Waals surface area contributed by atoms with Crippen LogP contribution in [-0.2, 0) is 6.54 Å². The maximum atomic E-state index is 6.33. The van der Waals surface area contributed by atoms with E-state index in [-0.39, 0.29) is 6.10 Å². The molecule has 4 heterocycles. The molecule has 0 spiro atoms. The summed E-state index contributed by atoms with van der Waals surface area (Å²) in [6.45, 7) is 3.46. The molecular formula is C25H26N6O2. The van der Waals surface area contributed by atoms with Crippen LogP contribution in [0.2, 0.25) is 0 Å². The minimum atomic E-state index is -0.182. The SMILES string of the molecule is COc1cc(Nc2ccc3c(n2)OC(c2ccccn2)CN(C)C3)ccc1-n1cnc(C)c1.